The van der Waals surface area contributed by atoms with Gasteiger partial charge in [0.2, 0.25) is 5.91 Å². The van der Waals surface area contributed by atoms with Crippen LogP contribution >= 0.6 is 11.8 Å². The third kappa shape index (κ3) is 5.61. The average molecular weight is 512 g/mol. The van der Waals surface area contributed by atoms with Gasteiger partial charge >= 0.3 is 0 Å². The minimum Gasteiger partial charge on any atom is -0.360 e. The van der Waals surface area contributed by atoms with E-state index in [0.29, 0.717) is 27.5 Å². The zero-order chi connectivity index (χ0) is 25.0. The van der Waals surface area contributed by atoms with E-state index in [1.165, 1.54) is 34.9 Å². The molecule has 0 spiro atoms. The maximum Gasteiger partial charge on any atom is 0.263 e. The number of benzene rings is 2. The number of carbonyl (C=O) groups excluding carboxylic acids is 1. The van der Waals surface area contributed by atoms with Crippen molar-refractivity contribution in [3.63, 3.8) is 0 Å². The smallest absolute Gasteiger partial charge is 0.263 e. The van der Waals surface area contributed by atoms with Crippen molar-refractivity contribution in [2.45, 2.75) is 23.5 Å². The first-order valence-electron chi connectivity index (χ1n) is 10.4. The highest BCUT2D eigenvalue weighted by Crippen LogP contribution is 2.20. The van der Waals surface area contributed by atoms with E-state index in [0.717, 1.165) is 11.8 Å². The highest BCUT2D eigenvalue weighted by atomic mass is 32.2. The highest BCUT2D eigenvalue weighted by Gasteiger charge is 2.17. The maximum absolute atomic E-state index is 12.8. The van der Waals surface area contributed by atoms with Crippen molar-refractivity contribution >= 4 is 50.1 Å². The van der Waals surface area contributed by atoms with Crippen LogP contribution in [0.25, 0.3) is 10.9 Å². The first-order chi connectivity index (χ1) is 16.8. The molecule has 4 rings (SSSR count). The van der Waals surface area contributed by atoms with Gasteiger partial charge in [-0.1, -0.05) is 35.1 Å². The molecule has 0 saturated heterocycles. The van der Waals surface area contributed by atoms with E-state index in [4.69, 9.17) is 4.52 Å². The number of amides is 1. The molecule has 1 amide bonds. The number of allylic oxidation sites excluding steroid dienone is 1. The normalized spacial score (nSPS) is 11.3. The van der Waals surface area contributed by atoms with E-state index in [-0.39, 0.29) is 34.5 Å². The summed E-state index contributed by atoms with van der Waals surface area (Å²) < 4.78 is 33.6. The first kappa shape index (κ1) is 24.2. The summed E-state index contributed by atoms with van der Waals surface area (Å²) in [5.74, 6) is 0.206. The van der Waals surface area contributed by atoms with Gasteiger partial charge in [-0.25, -0.2) is 13.4 Å². The van der Waals surface area contributed by atoms with E-state index in [1.54, 1.807) is 37.3 Å². The van der Waals surface area contributed by atoms with Crippen molar-refractivity contribution in [2.24, 2.45) is 0 Å². The van der Waals surface area contributed by atoms with Crippen LogP contribution < -0.4 is 15.6 Å². The van der Waals surface area contributed by atoms with Gasteiger partial charge in [0.15, 0.2) is 11.0 Å². The number of nitrogens with zero attached hydrogens (tertiary/aromatic N) is 3. The van der Waals surface area contributed by atoms with Crippen LogP contribution in [0.15, 0.2) is 86.6 Å². The number of nitrogens with one attached hydrogen (secondary N) is 2. The summed E-state index contributed by atoms with van der Waals surface area (Å²) >= 11 is 1.12. The molecule has 12 heteroatoms. The summed E-state index contributed by atoms with van der Waals surface area (Å²) in [5.41, 5.74) is 0.762. The first-order valence-corrected chi connectivity index (χ1v) is 12.8. The molecule has 0 radical (unpaired) electrons. The molecule has 0 saturated carbocycles. The fraction of sp³-hybridized carbons (Fsp3) is 0.130. The number of sulfonamides is 1. The summed E-state index contributed by atoms with van der Waals surface area (Å²) in [6, 6.07) is 14.2. The summed E-state index contributed by atoms with van der Waals surface area (Å²) in [6.45, 7) is 5.60. The molecule has 0 bridgehead atoms. The Morgan fingerprint density at radius 3 is 2.63 bits per heavy atom. The minimum absolute atomic E-state index is 0.000618. The summed E-state index contributed by atoms with van der Waals surface area (Å²) in [4.78, 5) is 29.8. The molecule has 35 heavy (non-hydrogen) atoms. The number of thioether (sulfide) groups is 1. The van der Waals surface area contributed by atoms with E-state index in [2.05, 4.69) is 26.8 Å². The third-order valence-electron chi connectivity index (χ3n) is 4.79. The highest BCUT2D eigenvalue weighted by molar-refractivity contribution is 7.99. The van der Waals surface area contributed by atoms with Gasteiger partial charge < -0.3 is 9.84 Å². The van der Waals surface area contributed by atoms with Crippen LogP contribution in [-0.4, -0.2) is 34.8 Å². The number of carbonyl (C=O) groups is 1. The van der Waals surface area contributed by atoms with Crippen molar-refractivity contribution in [1.29, 1.82) is 0 Å². The molecular weight excluding hydrogens is 490 g/mol. The molecular formula is C23H21N5O5S2. The Labute approximate surface area is 205 Å². The van der Waals surface area contributed by atoms with E-state index < -0.39 is 10.0 Å². The Hall–Kier alpha value is -3.90. The summed E-state index contributed by atoms with van der Waals surface area (Å²) in [5, 5.41) is 7.22. The van der Waals surface area contributed by atoms with Crippen LogP contribution in [0.3, 0.4) is 0 Å². The Kier molecular flexibility index (Phi) is 7.03. The molecule has 0 atom stereocenters. The molecule has 2 heterocycles. The molecule has 0 aliphatic heterocycles. The van der Waals surface area contributed by atoms with Crippen LogP contribution in [0.5, 0.6) is 0 Å². The lowest BCUT2D eigenvalue weighted by Crippen LogP contribution is -2.23. The van der Waals surface area contributed by atoms with E-state index in [9.17, 15) is 18.0 Å². The van der Waals surface area contributed by atoms with Gasteiger partial charge in [-0.15, -0.1) is 6.58 Å². The molecule has 2 aromatic carbocycles. The third-order valence-corrected chi connectivity index (χ3v) is 7.13. The van der Waals surface area contributed by atoms with Gasteiger partial charge in [0.25, 0.3) is 15.6 Å². The Morgan fingerprint density at radius 2 is 1.94 bits per heavy atom. The van der Waals surface area contributed by atoms with Gasteiger partial charge in [0.05, 0.1) is 21.6 Å². The number of anilines is 2. The van der Waals surface area contributed by atoms with Gasteiger partial charge in [0.1, 0.15) is 5.76 Å². The Bertz CT molecular complexity index is 1560. The molecule has 0 fully saturated rings. The van der Waals surface area contributed by atoms with E-state index >= 15 is 0 Å². The van der Waals surface area contributed by atoms with Crippen molar-refractivity contribution in [3.05, 3.63) is 83.4 Å². The average Bonchev–Trinajstić information content (AvgIpc) is 3.24. The molecule has 0 unspecified atom stereocenters. The number of aryl methyl sites for hydroxylation is 1. The number of hydrogen-bond acceptors (Lipinski definition) is 8. The van der Waals surface area contributed by atoms with Crippen LogP contribution in [0, 0.1) is 6.92 Å². The number of fused-ring (bicyclic) bond motifs is 1. The number of hydrogen-bond donors (Lipinski definition) is 2. The summed E-state index contributed by atoms with van der Waals surface area (Å²) in [7, 11) is -3.86. The second-order valence-corrected chi connectivity index (χ2v) is 10.0. The number of aromatic nitrogens is 3. The molecule has 0 aliphatic rings. The second kappa shape index (κ2) is 10.2. The molecule has 4 aromatic rings. The summed E-state index contributed by atoms with van der Waals surface area (Å²) in [6.07, 6.45) is 1.59. The molecule has 2 aromatic heterocycles. The predicted octanol–water partition coefficient (Wildman–Crippen LogP) is 3.41. The van der Waals surface area contributed by atoms with Crippen LogP contribution in [-0.2, 0) is 21.4 Å². The van der Waals surface area contributed by atoms with Gasteiger partial charge in [-0.2, -0.15) is 0 Å². The zero-order valence-electron chi connectivity index (χ0n) is 18.6. The van der Waals surface area contributed by atoms with Gasteiger partial charge in [-0.3, -0.25) is 18.9 Å². The van der Waals surface area contributed by atoms with Crippen LogP contribution in [0.4, 0.5) is 11.5 Å². The maximum atomic E-state index is 12.8. The molecule has 0 aliphatic carbocycles. The van der Waals surface area contributed by atoms with Gasteiger partial charge in [0, 0.05) is 18.3 Å². The predicted molar refractivity (Wildman–Crippen MR) is 134 cm³/mol. The minimum atomic E-state index is -3.86. The molecule has 180 valence electrons. The van der Waals surface area contributed by atoms with Crippen molar-refractivity contribution in [2.75, 3.05) is 15.8 Å². The van der Waals surface area contributed by atoms with E-state index in [1.807, 2.05) is 0 Å². The largest absolute Gasteiger partial charge is 0.360 e. The molecule has 10 nitrogen and oxygen atoms in total. The van der Waals surface area contributed by atoms with Crippen molar-refractivity contribution < 1.29 is 17.7 Å². The SMILES string of the molecule is C=CCn1c(SCC(=O)Nc2ccc(S(=O)(=O)Nc3cc(C)on3)cc2)nc2ccccc2c1=O. The topological polar surface area (TPSA) is 136 Å². The lowest BCUT2D eigenvalue weighted by Gasteiger charge is -2.11. The van der Waals surface area contributed by atoms with Gasteiger partial charge in [-0.05, 0) is 43.3 Å². The molecule has 2 N–H and O–H groups in total. The Balaban J connectivity index is 1.43. The Morgan fingerprint density at radius 1 is 1.20 bits per heavy atom. The van der Waals surface area contributed by atoms with Crippen LogP contribution in [0.2, 0.25) is 0 Å². The number of rotatable bonds is 9. The fourth-order valence-corrected chi connectivity index (χ4v) is 5.00. The van der Waals surface area contributed by atoms with Crippen LogP contribution in [0.1, 0.15) is 5.76 Å². The number of para-hydroxylation sites is 1. The van der Waals surface area contributed by atoms with Crippen molar-refractivity contribution in [1.82, 2.24) is 14.7 Å². The second-order valence-electron chi connectivity index (χ2n) is 7.41. The fourth-order valence-electron chi connectivity index (χ4n) is 3.20. The quantitative estimate of drug-likeness (QED) is 0.198. The lowest BCUT2D eigenvalue weighted by atomic mass is 10.2. The monoisotopic (exact) mass is 511 g/mol. The van der Waals surface area contributed by atoms with Crippen molar-refractivity contribution in [3.8, 4) is 0 Å². The lowest BCUT2D eigenvalue weighted by molar-refractivity contribution is -0.113. The standard InChI is InChI=1S/C23H21N5O5S2/c1-3-12-28-22(30)18-6-4-5-7-19(18)25-23(28)34-14-21(29)24-16-8-10-17(11-9-16)35(31,32)27-20-13-15(2)33-26-20/h3-11,13H,1,12,14H2,2H3,(H,24,29)(H,26,27). The zero-order valence-corrected chi connectivity index (χ0v) is 20.2.